The van der Waals surface area contributed by atoms with E-state index >= 15 is 0 Å². The van der Waals surface area contributed by atoms with Gasteiger partial charge in [0.1, 0.15) is 0 Å². The van der Waals surface area contributed by atoms with E-state index in [1.54, 1.807) is 13.8 Å². The first-order valence-electron chi connectivity index (χ1n) is 9.72. The molecular weight excluding hydrogens is 392 g/mol. The van der Waals surface area contributed by atoms with Gasteiger partial charge < -0.3 is 14.5 Å². The van der Waals surface area contributed by atoms with Gasteiger partial charge in [0, 0.05) is 12.2 Å². The van der Waals surface area contributed by atoms with Gasteiger partial charge >= 0.3 is 11.9 Å². The molecule has 1 aliphatic carbocycles. The molecule has 2 heterocycles. The number of ketones is 1. The minimum absolute atomic E-state index is 0.0647. The number of nitrogens with zero attached hydrogens (tertiary/aromatic N) is 1. The number of likely N-dealkylation sites (tertiary alicyclic amines) is 1. The number of carbonyl (C=O) groups is 5. The second kappa shape index (κ2) is 8.64. The Morgan fingerprint density at radius 1 is 1.10 bits per heavy atom. The highest BCUT2D eigenvalue weighted by Crippen LogP contribution is 2.35. The van der Waals surface area contributed by atoms with Crippen molar-refractivity contribution in [3.05, 3.63) is 34.7 Å². The van der Waals surface area contributed by atoms with Crippen molar-refractivity contribution in [3.63, 3.8) is 0 Å². The number of amides is 2. The molecule has 30 heavy (non-hydrogen) atoms. The van der Waals surface area contributed by atoms with Crippen LogP contribution in [0.2, 0.25) is 0 Å². The van der Waals surface area contributed by atoms with Gasteiger partial charge in [0.05, 0.1) is 36.6 Å². The number of aromatic amines is 1. The summed E-state index contributed by atoms with van der Waals surface area (Å²) in [6.07, 6.45) is 4.67. The zero-order chi connectivity index (χ0) is 22.0. The monoisotopic (exact) mass is 416 g/mol. The van der Waals surface area contributed by atoms with Crippen LogP contribution in [-0.2, 0) is 23.9 Å². The van der Waals surface area contributed by atoms with Gasteiger partial charge in [-0.1, -0.05) is 12.2 Å². The van der Waals surface area contributed by atoms with Gasteiger partial charge in [-0.3, -0.25) is 24.1 Å². The first kappa shape index (κ1) is 21.5. The van der Waals surface area contributed by atoms with E-state index in [2.05, 4.69) is 4.98 Å². The van der Waals surface area contributed by atoms with E-state index < -0.39 is 24.3 Å². The van der Waals surface area contributed by atoms with Crippen molar-refractivity contribution in [2.45, 2.75) is 33.1 Å². The highest BCUT2D eigenvalue weighted by atomic mass is 16.5. The molecule has 2 aliphatic rings. The lowest BCUT2D eigenvalue weighted by Gasteiger charge is -2.14. The fourth-order valence-electron chi connectivity index (χ4n) is 4.02. The van der Waals surface area contributed by atoms with Crippen molar-refractivity contribution in [1.29, 1.82) is 0 Å². The molecule has 160 valence electrons. The molecule has 1 saturated heterocycles. The Morgan fingerprint density at radius 3 is 2.27 bits per heavy atom. The first-order chi connectivity index (χ1) is 14.3. The number of rotatable bonds is 7. The zero-order valence-corrected chi connectivity index (χ0v) is 17.1. The molecule has 2 atom stereocenters. The van der Waals surface area contributed by atoms with E-state index in [1.807, 2.05) is 12.2 Å². The number of aryl methyl sites for hydroxylation is 1. The molecule has 2 amide bonds. The predicted octanol–water partition coefficient (Wildman–Crippen LogP) is 1.49. The molecule has 0 aromatic carbocycles. The molecule has 0 bridgehead atoms. The van der Waals surface area contributed by atoms with Gasteiger partial charge in [-0.2, -0.15) is 0 Å². The van der Waals surface area contributed by atoms with Crippen LogP contribution in [0.1, 0.15) is 51.4 Å². The van der Waals surface area contributed by atoms with Gasteiger partial charge in [0.25, 0.3) is 0 Å². The van der Waals surface area contributed by atoms with E-state index in [4.69, 9.17) is 9.47 Å². The number of methoxy groups -OCH3 is 1. The smallest absolute Gasteiger partial charge is 0.339 e. The molecule has 0 saturated carbocycles. The van der Waals surface area contributed by atoms with E-state index in [0.717, 1.165) is 4.90 Å². The number of H-pyrrole nitrogens is 1. The molecule has 9 nitrogen and oxygen atoms in total. The van der Waals surface area contributed by atoms with Gasteiger partial charge in [-0.25, -0.2) is 4.79 Å². The van der Waals surface area contributed by atoms with Gasteiger partial charge in [-0.15, -0.1) is 0 Å². The summed E-state index contributed by atoms with van der Waals surface area (Å²) in [5, 5.41) is 0. The van der Waals surface area contributed by atoms with E-state index in [-0.39, 0.29) is 47.9 Å². The van der Waals surface area contributed by atoms with E-state index in [9.17, 15) is 24.0 Å². The van der Waals surface area contributed by atoms with Crippen molar-refractivity contribution >= 4 is 29.5 Å². The average Bonchev–Trinajstić information content (AvgIpc) is 3.17. The van der Waals surface area contributed by atoms with Crippen molar-refractivity contribution in [3.8, 4) is 0 Å². The third-order valence-corrected chi connectivity index (χ3v) is 5.61. The number of aromatic nitrogens is 1. The first-order valence-corrected chi connectivity index (χ1v) is 9.72. The number of fused-ring (bicyclic) bond motifs is 1. The minimum Gasteiger partial charge on any atom is -0.465 e. The highest BCUT2D eigenvalue weighted by molar-refractivity contribution is 6.05. The van der Waals surface area contributed by atoms with Crippen molar-refractivity contribution in [1.82, 2.24) is 9.88 Å². The number of allylic oxidation sites excluding steroid dienone is 2. The second-order valence-corrected chi connectivity index (χ2v) is 7.43. The summed E-state index contributed by atoms with van der Waals surface area (Å²) < 4.78 is 9.72. The van der Waals surface area contributed by atoms with Crippen molar-refractivity contribution < 1.29 is 33.4 Å². The Balaban J connectivity index is 1.53. The van der Waals surface area contributed by atoms with E-state index in [0.29, 0.717) is 24.1 Å². The SMILES string of the molecule is COC(=O)c1c(C)[nH]c(C(=O)COC(=O)CCN2C(=O)[C@H]3CC=CC[C@@H]3C2=O)c1C. The van der Waals surface area contributed by atoms with Crippen LogP contribution in [0.15, 0.2) is 12.2 Å². The standard InChI is InChI=1S/C21H24N2O7/c1-11-17(21(28)29-3)12(2)22-18(11)15(24)10-30-16(25)8-9-23-19(26)13-6-4-5-7-14(13)20(23)27/h4-5,13-14,22H,6-10H2,1-3H3/t13-,14-/m0/s1. The second-order valence-electron chi connectivity index (χ2n) is 7.43. The Labute approximate surface area is 173 Å². The van der Waals surface area contributed by atoms with Crippen molar-refractivity contribution in [2.75, 3.05) is 20.3 Å². The quantitative estimate of drug-likeness (QED) is 0.309. The maximum Gasteiger partial charge on any atom is 0.339 e. The molecule has 1 aliphatic heterocycles. The summed E-state index contributed by atoms with van der Waals surface area (Å²) in [6.45, 7) is 2.66. The van der Waals surface area contributed by atoms with Crippen LogP contribution in [0.3, 0.4) is 0 Å². The van der Waals surface area contributed by atoms with Crippen molar-refractivity contribution in [2.24, 2.45) is 11.8 Å². The number of imide groups is 1. The lowest BCUT2D eigenvalue weighted by molar-refractivity contribution is -0.145. The molecule has 0 spiro atoms. The van der Waals surface area contributed by atoms with E-state index in [1.165, 1.54) is 7.11 Å². The molecule has 1 fully saturated rings. The summed E-state index contributed by atoms with van der Waals surface area (Å²) in [7, 11) is 1.25. The lowest BCUT2D eigenvalue weighted by atomic mass is 9.85. The van der Waals surface area contributed by atoms with Crippen LogP contribution in [0.4, 0.5) is 0 Å². The maximum atomic E-state index is 12.4. The number of ether oxygens (including phenoxy) is 2. The topological polar surface area (TPSA) is 123 Å². The number of hydrogen-bond acceptors (Lipinski definition) is 7. The summed E-state index contributed by atoms with van der Waals surface area (Å²) in [5.74, 6) is -2.95. The van der Waals surface area contributed by atoms with Crippen LogP contribution in [0.25, 0.3) is 0 Å². The number of esters is 2. The Morgan fingerprint density at radius 2 is 1.70 bits per heavy atom. The van der Waals surface area contributed by atoms with Crippen LogP contribution in [-0.4, -0.2) is 59.7 Å². The molecule has 3 rings (SSSR count). The number of Topliss-reactive ketones (excluding diaryl/α,β-unsaturated/α-hetero) is 1. The largest absolute Gasteiger partial charge is 0.465 e. The van der Waals surface area contributed by atoms with Crippen LogP contribution in [0.5, 0.6) is 0 Å². The fraction of sp³-hybridized carbons (Fsp3) is 0.476. The van der Waals surface area contributed by atoms with Gasteiger partial charge in [-0.05, 0) is 32.3 Å². The highest BCUT2D eigenvalue weighted by Gasteiger charge is 2.46. The molecule has 9 heteroatoms. The summed E-state index contributed by atoms with van der Waals surface area (Å²) in [5.41, 5.74) is 1.34. The zero-order valence-electron chi connectivity index (χ0n) is 17.1. The lowest BCUT2D eigenvalue weighted by Crippen LogP contribution is -2.33. The number of carbonyl (C=O) groups excluding carboxylic acids is 5. The number of hydrogen-bond donors (Lipinski definition) is 1. The molecular formula is C21H24N2O7. The predicted molar refractivity (Wildman–Crippen MR) is 104 cm³/mol. The maximum absolute atomic E-state index is 12.4. The number of nitrogens with one attached hydrogen (secondary N) is 1. The Kier molecular flexibility index (Phi) is 6.19. The van der Waals surface area contributed by atoms with Crippen LogP contribution in [0, 0.1) is 25.7 Å². The molecule has 1 aromatic rings. The molecule has 1 N–H and O–H groups in total. The van der Waals surface area contributed by atoms with Gasteiger partial charge in [0.15, 0.2) is 6.61 Å². The third kappa shape index (κ3) is 3.92. The fourth-order valence-corrected chi connectivity index (χ4v) is 4.02. The van der Waals surface area contributed by atoms with Crippen LogP contribution >= 0.6 is 0 Å². The normalized spacial score (nSPS) is 20.3. The summed E-state index contributed by atoms with van der Waals surface area (Å²) in [6, 6.07) is 0. The molecule has 1 aromatic heterocycles. The Bertz CT molecular complexity index is 917. The molecule has 0 radical (unpaired) electrons. The minimum atomic E-state index is -0.689. The average molecular weight is 416 g/mol. The van der Waals surface area contributed by atoms with Gasteiger partial charge in [0.2, 0.25) is 17.6 Å². The summed E-state index contributed by atoms with van der Waals surface area (Å²) >= 11 is 0. The molecule has 0 unspecified atom stereocenters. The van der Waals surface area contributed by atoms with Crippen LogP contribution < -0.4 is 0 Å². The summed E-state index contributed by atoms with van der Waals surface area (Å²) in [4.78, 5) is 65.0. The third-order valence-electron chi connectivity index (χ3n) is 5.61. The Hall–Kier alpha value is -3.23.